The second-order valence-corrected chi connectivity index (χ2v) is 4.20. The molecule has 110 valence electrons. The predicted molar refractivity (Wildman–Crippen MR) is 70.4 cm³/mol. The summed E-state index contributed by atoms with van der Waals surface area (Å²) in [6.07, 6.45) is 0.236. The molecule has 0 radical (unpaired) electrons. The van der Waals surface area contributed by atoms with Gasteiger partial charge in [-0.05, 0) is 25.0 Å². The molecule has 6 heteroatoms. The number of methoxy groups -OCH3 is 1. The number of ether oxygens (including phenoxy) is 1. The Bertz CT molecular complexity index is 478. The fourth-order valence-corrected chi connectivity index (χ4v) is 1.78. The third-order valence-corrected chi connectivity index (χ3v) is 3.28. The van der Waals surface area contributed by atoms with Gasteiger partial charge in [0.1, 0.15) is 0 Å². The van der Waals surface area contributed by atoms with Gasteiger partial charge in [0, 0.05) is 0 Å². The van der Waals surface area contributed by atoms with E-state index in [9.17, 15) is 14.7 Å². The molecule has 1 aromatic carbocycles. The maximum Gasteiger partial charge on any atom is 0.372 e. The summed E-state index contributed by atoms with van der Waals surface area (Å²) in [4.78, 5) is 32.8. The molecular weight excluding hydrogens is 264 g/mol. The number of carbonyl (C=O) groups is 2. The average molecular weight is 282 g/mol. The van der Waals surface area contributed by atoms with Crippen LogP contribution in [0.25, 0.3) is 0 Å². The Balaban J connectivity index is 2.83. The van der Waals surface area contributed by atoms with Crippen LogP contribution in [0.5, 0.6) is 11.5 Å². The SMILES string of the molecule is CCC(CC)(C(=O)O)C(=O)OOc1ccccc1OC. The average Bonchev–Trinajstić information content (AvgIpc) is 2.46. The molecule has 1 aromatic rings. The molecule has 6 nitrogen and oxygen atoms in total. The number of benzene rings is 1. The van der Waals surface area contributed by atoms with Gasteiger partial charge in [0.25, 0.3) is 0 Å². The zero-order chi connectivity index (χ0) is 15.2. The predicted octanol–water partition coefficient (Wildman–Crippen LogP) is 2.42. The second kappa shape index (κ2) is 6.79. The molecule has 0 saturated carbocycles. The van der Waals surface area contributed by atoms with Gasteiger partial charge in [-0.25, -0.2) is 9.68 Å². The summed E-state index contributed by atoms with van der Waals surface area (Å²) < 4.78 is 5.03. The molecular formula is C14H18O6. The van der Waals surface area contributed by atoms with Crippen LogP contribution >= 0.6 is 0 Å². The Labute approximate surface area is 117 Å². The summed E-state index contributed by atoms with van der Waals surface area (Å²) >= 11 is 0. The van der Waals surface area contributed by atoms with E-state index in [2.05, 4.69) is 4.89 Å². The Morgan fingerprint density at radius 2 is 1.70 bits per heavy atom. The summed E-state index contributed by atoms with van der Waals surface area (Å²) in [5.74, 6) is -1.57. The topological polar surface area (TPSA) is 82.1 Å². The molecule has 0 saturated heterocycles. The van der Waals surface area contributed by atoms with Gasteiger partial charge < -0.3 is 9.84 Å². The number of carbonyl (C=O) groups excluding carboxylic acids is 1. The quantitative estimate of drug-likeness (QED) is 0.470. The molecule has 0 atom stereocenters. The lowest BCUT2D eigenvalue weighted by Gasteiger charge is -2.22. The lowest BCUT2D eigenvalue weighted by atomic mass is 9.83. The highest BCUT2D eigenvalue weighted by molar-refractivity contribution is 5.98. The molecule has 0 aromatic heterocycles. The standard InChI is InChI=1S/C14H18O6/c1-4-14(5-2,12(15)16)13(17)20-19-11-9-7-6-8-10(11)18-3/h6-9H,4-5H2,1-3H3,(H,15,16). The smallest absolute Gasteiger partial charge is 0.372 e. The zero-order valence-corrected chi connectivity index (χ0v) is 11.7. The molecule has 0 bridgehead atoms. The molecule has 1 rings (SSSR count). The van der Waals surface area contributed by atoms with Crippen molar-refractivity contribution in [2.24, 2.45) is 5.41 Å². The van der Waals surface area contributed by atoms with Gasteiger partial charge in [0.2, 0.25) is 5.75 Å². The van der Waals surface area contributed by atoms with Crippen molar-refractivity contribution in [2.75, 3.05) is 7.11 Å². The fraction of sp³-hybridized carbons (Fsp3) is 0.429. The maximum absolute atomic E-state index is 12.0. The number of hydrogen-bond acceptors (Lipinski definition) is 5. The van der Waals surface area contributed by atoms with Crippen LogP contribution in [0, 0.1) is 5.41 Å². The van der Waals surface area contributed by atoms with E-state index in [4.69, 9.17) is 9.62 Å². The largest absolute Gasteiger partial charge is 0.493 e. The maximum atomic E-state index is 12.0. The van der Waals surface area contributed by atoms with Crippen molar-refractivity contribution in [2.45, 2.75) is 26.7 Å². The van der Waals surface area contributed by atoms with Gasteiger partial charge in [-0.15, -0.1) is 0 Å². The van der Waals surface area contributed by atoms with Crippen LogP contribution in [0.4, 0.5) is 0 Å². The molecule has 20 heavy (non-hydrogen) atoms. The van der Waals surface area contributed by atoms with E-state index in [-0.39, 0.29) is 18.6 Å². The van der Waals surface area contributed by atoms with Gasteiger partial charge in [-0.1, -0.05) is 26.0 Å². The van der Waals surface area contributed by atoms with Gasteiger partial charge in [-0.2, -0.15) is 0 Å². The summed E-state index contributed by atoms with van der Waals surface area (Å²) in [5.41, 5.74) is -1.60. The van der Waals surface area contributed by atoms with Gasteiger partial charge in [0.05, 0.1) is 7.11 Å². The Kier molecular flexibility index (Phi) is 5.37. The normalized spacial score (nSPS) is 10.8. The minimum absolute atomic E-state index is 0.118. The molecule has 0 fully saturated rings. The number of para-hydroxylation sites is 2. The number of carboxylic acid groups (broad SMARTS) is 1. The van der Waals surface area contributed by atoms with Crippen molar-refractivity contribution in [1.82, 2.24) is 0 Å². The van der Waals surface area contributed by atoms with Crippen molar-refractivity contribution in [1.29, 1.82) is 0 Å². The summed E-state index contributed by atoms with van der Waals surface area (Å²) in [5, 5.41) is 9.21. The lowest BCUT2D eigenvalue weighted by Crippen LogP contribution is -2.40. The first-order valence-corrected chi connectivity index (χ1v) is 6.27. The van der Waals surface area contributed by atoms with Crippen LogP contribution in [0.15, 0.2) is 24.3 Å². The van der Waals surface area contributed by atoms with Crippen molar-refractivity contribution >= 4 is 11.9 Å². The molecule has 0 amide bonds. The number of hydrogen-bond donors (Lipinski definition) is 1. The summed E-state index contributed by atoms with van der Waals surface area (Å²) in [6.45, 7) is 3.23. The van der Waals surface area contributed by atoms with E-state index in [1.54, 1.807) is 38.1 Å². The van der Waals surface area contributed by atoms with Crippen molar-refractivity contribution < 1.29 is 29.2 Å². The highest BCUT2D eigenvalue weighted by atomic mass is 17.2. The molecule has 0 aliphatic rings. The van der Waals surface area contributed by atoms with Gasteiger partial charge in [0.15, 0.2) is 11.2 Å². The Hall–Kier alpha value is -2.24. The number of rotatable bonds is 7. The van der Waals surface area contributed by atoms with E-state index in [0.717, 1.165) is 0 Å². The molecule has 0 unspecified atom stereocenters. The van der Waals surface area contributed by atoms with Crippen molar-refractivity contribution in [3.63, 3.8) is 0 Å². The van der Waals surface area contributed by atoms with Crippen molar-refractivity contribution in [3.05, 3.63) is 24.3 Å². The van der Waals surface area contributed by atoms with Crippen LogP contribution in [-0.2, 0) is 14.5 Å². The third-order valence-electron chi connectivity index (χ3n) is 3.28. The van der Waals surface area contributed by atoms with E-state index in [1.807, 2.05) is 0 Å². The Morgan fingerprint density at radius 1 is 1.15 bits per heavy atom. The van der Waals surface area contributed by atoms with Crippen LogP contribution in [0.1, 0.15) is 26.7 Å². The van der Waals surface area contributed by atoms with E-state index in [0.29, 0.717) is 5.75 Å². The van der Waals surface area contributed by atoms with Gasteiger partial charge >= 0.3 is 11.9 Å². The summed E-state index contributed by atoms with van der Waals surface area (Å²) in [7, 11) is 1.45. The van der Waals surface area contributed by atoms with Gasteiger partial charge in [-0.3, -0.25) is 9.68 Å². The van der Waals surface area contributed by atoms with Crippen LogP contribution in [0.2, 0.25) is 0 Å². The van der Waals surface area contributed by atoms with E-state index in [1.165, 1.54) is 7.11 Å². The highest BCUT2D eigenvalue weighted by Crippen LogP contribution is 2.31. The molecule has 0 aliphatic heterocycles. The highest BCUT2D eigenvalue weighted by Gasteiger charge is 2.46. The lowest BCUT2D eigenvalue weighted by molar-refractivity contribution is -0.228. The fourth-order valence-electron chi connectivity index (χ4n) is 1.78. The Morgan fingerprint density at radius 3 is 2.15 bits per heavy atom. The van der Waals surface area contributed by atoms with Crippen LogP contribution in [-0.4, -0.2) is 24.2 Å². The first-order valence-electron chi connectivity index (χ1n) is 6.27. The van der Waals surface area contributed by atoms with Crippen molar-refractivity contribution in [3.8, 4) is 11.5 Å². The minimum Gasteiger partial charge on any atom is -0.493 e. The second-order valence-electron chi connectivity index (χ2n) is 4.20. The van der Waals surface area contributed by atoms with Crippen LogP contribution < -0.4 is 9.62 Å². The van der Waals surface area contributed by atoms with E-state index >= 15 is 0 Å². The first-order chi connectivity index (χ1) is 9.51. The van der Waals surface area contributed by atoms with E-state index < -0.39 is 17.4 Å². The molecule has 0 heterocycles. The monoisotopic (exact) mass is 282 g/mol. The third kappa shape index (κ3) is 3.01. The molecule has 1 N–H and O–H groups in total. The summed E-state index contributed by atoms with van der Waals surface area (Å²) in [6, 6.07) is 6.59. The van der Waals surface area contributed by atoms with Crippen LogP contribution in [0.3, 0.4) is 0 Å². The molecule has 0 aliphatic carbocycles. The number of aliphatic carboxylic acids is 1. The minimum atomic E-state index is -1.60. The first kappa shape index (κ1) is 15.8. The zero-order valence-electron chi connectivity index (χ0n) is 11.7. The molecule has 0 spiro atoms. The number of carboxylic acids is 1.